The topological polar surface area (TPSA) is 88.0 Å². The highest BCUT2D eigenvalue weighted by Crippen LogP contribution is 2.27. The average molecular weight is 442 g/mol. The fraction of sp³-hybridized carbons (Fsp3) is 0.364. The number of nitrogens with zero attached hydrogens (tertiary/aromatic N) is 5. The van der Waals surface area contributed by atoms with Crippen LogP contribution in [0.2, 0.25) is 0 Å². The predicted molar refractivity (Wildman–Crippen MR) is 115 cm³/mol. The zero-order valence-corrected chi connectivity index (χ0v) is 18.3. The normalized spacial score (nSPS) is 10.9. The molecule has 0 saturated heterocycles. The van der Waals surface area contributed by atoms with E-state index < -0.39 is 0 Å². The van der Waals surface area contributed by atoms with Crippen molar-refractivity contribution in [1.29, 1.82) is 5.26 Å². The molecule has 2 aromatic heterocycles. The van der Waals surface area contributed by atoms with Gasteiger partial charge < -0.3 is 13.9 Å². The maximum atomic E-state index is 14.3. The fourth-order valence-electron chi connectivity index (χ4n) is 3.05. The highest BCUT2D eigenvalue weighted by atomic mass is 32.2. The minimum absolute atomic E-state index is 0.125. The van der Waals surface area contributed by atoms with E-state index in [0.29, 0.717) is 41.9 Å². The van der Waals surface area contributed by atoms with Gasteiger partial charge in [-0.3, -0.25) is 4.79 Å². The van der Waals surface area contributed by atoms with Crippen molar-refractivity contribution in [1.82, 2.24) is 19.7 Å². The lowest BCUT2D eigenvalue weighted by molar-refractivity contribution is -0.129. The van der Waals surface area contributed by atoms with Crippen molar-refractivity contribution in [2.45, 2.75) is 38.5 Å². The number of aromatic nitrogens is 3. The van der Waals surface area contributed by atoms with Crippen molar-refractivity contribution in [3.05, 3.63) is 54.2 Å². The number of carbonyl (C=O) groups excluding carboxylic acids is 1. The third-order valence-electron chi connectivity index (χ3n) is 4.48. The minimum Gasteiger partial charge on any atom is -0.467 e. The van der Waals surface area contributed by atoms with E-state index in [4.69, 9.17) is 9.68 Å². The van der Waals surface area contributed by atoms with E-state index in [0.717, 1.165) is 0 Å². The summed E-state index contributed by atoms with van der Waals surface area (Å²) in [5.74, 6) is 0.999. The van der Waals surface area contributed by atoms with Gasteiger partial charge in [0.15, 0.2) is 11.0 Å². The first kappa shape index (κ1) is 22.6. The van der Waals surface area contributed by atoms with Crippen molar-refractivity contribution < 1.29 is 13.6 Å². The maximum Gasteiger partial charge on any atom is 0.233 e. The van der Waals surface area contributed by atoms with Crippen LogP contribution in [0, 0.1) is 23.1 Å². The van der Waals surface area contributed by atoms with E-state index in [-0.39, 0.29) is 29.8 Å². The van der Waals surface area contributed by atoms with Crippen LogP contribution in [0.3, 0.4) is 0 Å². The Bertz CT molecular complexity index is 1040. The second-order valence-electron chi connectivity index (χ2n) is 7.38. The second-order valence-corrected chi connectivity index (χ2v) is 8.32. The zero-order chi connectivity index (χ0) is 22.2. The Hall–Kier alpha value is -3.12. The van der Waals surface area contributed by atoms with E-state index >= 15 is 0 Å². The summed E-state index contributed by atoms with van der Waals surface area (Å²) in [6.45, 7) is 5.32. The van der Waals surface area contributed by atoms with Crippen LogP contribution in [0.25, 0.3) is 11.4 Å². The van der Waals surface area contributed by atoms with Gasteiger partial charge in [-0.15, -0.1) is 10.2 Å². The average Bonchev–Trinajstić information content (AvgIpc) is 3.39. The largest absolute Gasteiger partial charge is 0.467 e. The summed E-state index contributed by atoms with van der Waals surface area (Å²) in [5, 5.41) is 17.9. The minimum atomic E-state index is -0.367. The van der Waals surface area contributed by atoms with Crippen molar-refractivity contribution in [2.24, 2.45) is 5.92 Å². The lowest BCUT2D eigenvalue weighted by atomic mass is 10.2. The molecule has 0 spiro atoms. The number of thioether (sulfide) groups is 1. The quantitative estimate of drug-likeness (QED) is 0.434. The standard InChI is InChI=1S/C22H24FN5O2S/c1-16(2)13-28-21(18-8-3-4-9-19(18)23)25-26-22(28)31-15-20(29)27(11-6-10-24)14-17-7-5-12-30-17/h3-5,7-9,12,16H,6,11,13-15H2,1-2H3. The Labute approximate surface area is 184 Å². The summed E-state index contributed by atoms with van der Waals surface area (Å²) < 4.78 is 21.5. The molecule has 7 nitrogen and oxygen atoms in total. The summed E-state index contributed by atoms with van der Waals surface area (Å²) in [6.07, 6.45) is 1.79. The maximum absolute atomic E-state index is 14.3. The molecule has 0 N–H and O–H groups in total. The number of rotatable bonds is 10. The first-order chi connectivity index (χ1) is 15.0. The summed E-state index contributed by atoms with van der Waals surface area (Å²) in [5.41, 5.74) is 0.377. The third-order valence-corrected chi connectivity index (χ3v) is 5.43. The van der Waals surface area contributed by atoms with E-state index in [2.05, 4.69) is 30.1 Å². The molecule has 0 unspecified atom stereocenters. The lowest BCUT2D eigenvalue weighted by Crippen LogP contribution is -2.32. The molecule has 31 heavy (non-hydrogen) atoms. The Morgan fingerprint density at radius 3 is 2.77 bits per heavy atom. The van der Waals surface area contributed by atoms with Gasteiger partial charge in [0.25, 0.3) is 0 Å². The Kier molecular flexibility index (Phi) is 7.84. The molecular weight excluding hydrogens is 417 g/mol. The molecule has 0 aliphatic heterocycles. The molecule has 0 aliphatic carbocycles. The van der Waals surface area contributed by atoms with Gasteiger partial charge in [-0.05, 0) is 30.2 Å². The fourth-order valence-corrected chi connectivity index (χ4v) is 3.90. The molecule has 9 heteroatoms. The summed E-state index contributed by atoms with van der Waals surface area (Å²) in [6, 6.07) is 12.1. The summed E-state index contributed by atoms with van der Waals surface area (Å²) in [7, 11) is 0. The lowest BCUT2D eigenvalue weighted by Gasteiger charge is -2.20. The van der Waals surface area contributed by atoms with Crippen LogP contribution in [-0.2, 0) is 17.9 Å². The van der Waals surface area contributed by atoms with Gasteiger partial charge in [0.05, 0.1) is 36.6 Å². The SMILES string of the molecule is CC(C)Cn1c(SCC(=O)N(CCC#N)Cc2ccco2)nnc1-c1ccccc1F. The van der Waals surface area contributed by atoms with Crippen LogP contribution in [-0.4, -0.2) is 37.9 Å². The number of furan rings is 1. The van der Waals surface area contributed by atoms with Gasteiger partial charge in [0.1, 0.15) is 11.6 Å². The van der Waals surface area contributed by atoms with Gasteiger partial charge in [-0.1, -0.05) is 37.7 Å². The van der Waals surface area contributed by atoms with Crippen LogP contribution < -0.4 is 0 Å². The number of carbonyl (C=O) groups is 1. The van der Waals surface area contributed by atoms with Crippen LogP contribution in [0.4, 0.5) is 4.39 Å². The molecule has 0 radical (unpaired) electrons. The predicted octanol–water partition coefficient (Wildman–Crippen LogP) is 4.37. The van der Waals surface area contributed by atoms with Gasteiger partial charge in [-0.2, -0.15) is 5.26 Å². The third kappa shape index (κ3) is 5.95. The molecular formula is C22H24FN5O2S. The number of hydrogen-bond donors (Lipinski definition) is 0. The summed E-state index contributed by atoms with van der Waals surface area (Å²) in [4.78, 5) is 14.4. The van der Waals surface area contributed by atoms with E-state index in [9.17, 15) is 9.18 Å². The highest BCUT2D eigenvalue weighted by molar-refractivity contribution is 7.99. The van der Waals surface area contributed by atoms with Crippen LogP contribution in [0.1, 0.15) is 26.0 Å². The molecule has 162 valence electrons. The Balaban J connectivity index is 1.77. The van der Waals surface area contributed by atoms with Gasteiger partial charge in [-0.25, -0.2) is 4.39 Å². The number of halogens is 1. The monoisotopic (exact) mass is 441 g/mol. The molecule has 3 rings (SSSR count). The Morgan fingerprint density at radius 1 is 1.29 bits per heavy atom. The number of hydrogen-bond acceptors (Lipinski definition) is 6. The molecule has 1 aromatic carbocycles. The second kappa shape index (κ2) is 10.8. The van der Waals surface area contributed by atoms with E-state index in [1.165, 1.54) is 17.8 Å². The molecule has 0 saturated carbocycles. The molecule has 0 atom stereocenters. The van der Waals surface area contributed by atoms with Crippen LogP contribution >= 0.6 is 11.8 Å². The van der Waals surface area contributed by atoms with Crippen molar-refractivity contribution >= 4 is 17.7 Å². The molecule has 0 aliphatic rings. The first-order valence-corrected chi connectivity index (χ1v) is 11.0. The molecule has 1 amide bonds. The molecule has 0 fully saturated rings. The number of amides is 1. The Morgan fingerprint density at radius 2 is 2.10 bits per heavy atom. The smallest absolute Gasteiger partial charge is 0.233 e. The zero-order valence-electron chi connectivity index (χ0n) is 17.5. The molecule has 2 heterocycles. The van der Waals surface area contributed by atoms with Crippen molar-refractivity contribution in [3.63, 3.8) is 0 Å². The van der Waals surface area contributed by atoms with Gasteiger partial charge in [0.2, 0.25) is 5.91 Å². The molecule has 3 aromatic rings. The van der Waals surface area contributed by atoms with Gasteiger partial charge in [0, 0.05) is 13.1 Å². The molecule has 0 bridgehead atoms. The van der Waals surface area contributed by atoms with Crippen molar-refractivity contribution in [2.75, 3.05) is 12.3 Å². The van der Waals surface area contributed by atoms with Crippen molar-refractivity contribution in [3.8, 4) is 17.5 Å². The van der Waals surface area contributed by atoms with E-state index in [1.54, 1.807) is 41.5 Å². The first-order valence-electron chi connectivity index (χ1n) is 9.97. The van der Waals surface area contributed by atoms with Crippen LogP contribution in [0.15, 0.2) is 52.2 Å². The number of benzene rings is 1. The summed E-state index contributed by atoms with van der Waals surface area (Å²) >= 11 is 1.26. The highest BCUT2D eigenvalue weighted by Gasteiger charge is 2.21. The number of nitriles is 1. The van der Waals surface area contributed by atoms with E-state index in [1.807, 2.05) is 4.57 Å². The van der Waals surface area contributed by atoms with Gasteiger partial charge >= 0.3 is 0 Å². The van der Waals surface area contributed by atoms with Crippen LogP contribution in [0.5, 0.6) is 0 Å².